The number of nitrogen functional groups attached to an aromatic ring is 1. The van der Waals surface area contributed by atoms with Gasteiger partial charge in [-0.05, 0) is 30.7 Å². The van der Waals surface area contributed by atoms with Crippen LogP contribution >= 0.6 is 11.8 Å². The summed E-state index contributed by atoms with van der Waals surface area (Å²) >= 11 is 1.28. The van der Waals surface area contributed by atoms with Gasteiger partial charge in [0.05, 0.1) is 11.3 Å². The van der Waals surface area contributed by atoms with E-state index in [0.717, 1.165) is 5.56 Å². The topological polar surface area (TPSA) is 91.1 Å². The van der Waals surface area contributed by atoms with Gasteiger partial charge in [0.15, 0.2) is 5.82 Å². The molecule has 2 N–H and O–H groups in total. The molecule has 27 heavy (non-hydrogen) atoms. The van der Waals surface area contributed by atoms with Crippen molar-refractivity contribution in [1.82, 2.24) is 24.3 Å². The first-order valence-electron chi connectivity index (χ1n) is 8.10. The van der Waals surface area contributed by atoms with Gasteiger partial charge in [-0.2, -0.15) is 0 Å². The zero-order valence-corrected chi connectivity index (χ0v) is 15.2. The van der Waals surface area contributed by atoms with E-state index in [1.54, 1.807) is 30.5 Å². The lowest BCUT2D eigenvalue weighted by Crippen LogP contribution is -2.16. The highest BCUT2D eigenvalue weighted by molar-refractivity contribution is 7.98. The predicted molar refractivity (Wildman–Crippen MR) is 101 cm³/mol. The van der Waals surface area contributed by atoms with E-state index in [0.29, 0.717) is 22.3 Å². The van der Waals surface area contributed by atoms with Gasteiger partial charge in [0.1, 0.15) is 11.5 Å². The molecule has 0 amide bonds. The Morgan fingerprint density at radius 3 is 2.81 bits per heavy atom. The zero-order valence-electron chi connectivity index (χ0n) is 14.3. The third kappa shape index (κ3) is 3.17. The Bertz CT molecular complexity index is 1200. The van der Waals surface area contributed by atoms with Crippen molar-refractivity contribution in [2.45, 2.75) is 17.8 Å². The van der Waals surface area contributed by atoms with Crippen LogP contribution in [0.4, 0.5) is 4.39 Å². The third-order valence-corrected chi connectivity index (χ3v) is 5.04. The van der Waals surface area contributed by atoms with Crippen molar-refractivity contribution in [3.05, 3.63) is 76.1 Å². The standard InChI is InChI=1S/C18H15FN6OS/c1-11-5-4-8-24-15(26)9-12(21-16(11)24)10-27-18-23-22-17(25(18)20)13-6-2-3-7-14(13)19/h2-9H,10,20H2,1H3. The highest BCUT2D eigenvalue weighted by Crippen LogP contribution is 2.25. The Balaban J connectivity index is 1.62. The monoisotopic (exact) mass is 382 g/mol. The molecule has 3 aromatic heterocycles. The van der Waals surface area contributed by atoms with E-state index in [4.69, 9.17) is 5.84 Å². The lowest BCUT2D eigenvalue weighted by atomic mass is 10.2. The highest BCUT2D eigenvalue weighted by atomic mass is 32.2. The molecule has 0 fully saturated rings. The van der Waals surface area contributed by atoms with Crippen molar-refractivity contribution < 1.29 is 4.39 Å². The van der Waals surface area contributed by atoms with Crippen LogP contribution in [0.1, 0.15) is 11.3 Å². The van der Waals surface area contributed by atoms with E-state index in [1.807, 2.05) is 13.0 Å². The molecule has 4 rings (SSSR count). The lowest BCUT2D eigenvalue weighted by Gasteiger charge is -2.06. The van der Waals surface area contributed by atoms with Gasteiger partial charge in [0, 0.05) is 18.0 Å². The number of aromatic nitrogens is 5. The fraction of sp³-hybridized carbons (Fsp3) is 0.111. The molecule has 0 radical (unpaired) electrons. The average Bonchev–Trinajstić information content (AvgIpc) is 3.02. The summed E-state index contributed by atoms with van der Waals surface area (Å²) < 4.78 is 16.7. The summed E-state index contributed by atoms with van der Waals surface area (Å²) in [7, 11) is 0. The van der Waals surface area contributed by atoms with Gasteiger partial charge in [-0.15, -0.1) is 10.2 Å². The number of thioether (sulfide) groups is 1. The summed E-state index contributed by atoms with van der Waals surface area (Å²) in [5, 5.41) is 8.41. The van der Waals surface area contributed by atoms with E-state index >= 15 is 0 Å². The molecule has 0 aliphatic heterocycles. The predicted octanol–water partition coefficient (Wildman–Crippen LogP) is 2.41. The first-order valence-corrected chi connectivity index (χ1v) is 9.09. The number of pyridine rings is 1. The molecular formula is C18H15FN6OS. The number of rotatable bonds is 4. The van der Waals surface area contributed by atoms with E-state index in [9.17, 15) is 9.18 Å². The molecule has 9 heteroatoms. The Hall–Kier alpha value is -3.20. The number of nitrogens with two attached hydrogens (primary N) is 1. The van der Waals surface area contributed by atoms with E-state index in [2.05, 4.69) is 15.2 Å². The summed E-state index contributed by atoms with van der Waals surface area (Å²) in [4.78, 5) is 16.8. The van der Waals surface area contributed by atoms with Gasteiger partial charge in [0.25, 0.3) is 5.56 Å². The van der Waals surface area contributed by atoms with Crippen molar-refractivity contribution in [3.63, 3.8) is 0 Å². The van der Waals surface area contributed by atoms with E-state index in [1.165, 1.54) is 33.0 Å². The molecule has 1 aromatic carbocycles. The number of hydrogen-bond acceptors (Lipinski definition) is 6. The normalized spacial score (nSPS) is 11.2. The molecular weight excluding hydrogens is 367 g/mol. The van der Waals surface area contributed by atoms with Crippen LogP contribution < -0.4 is 11.4 Å². The lowest BCUT2D eigenvalue weighted by molar-refractivity contribution is 0.629. The summed E-state index contributed by atoms with van der Waals surface area (Å²) in [6.07, 6.45) is 1.69. The second-order valence-corrected chi connectivity index (χ2v) is 6.86. The molecule has 0 bridgehead atoms. The van der Waals surface area contributed by atoms with Gasteiger partial charge < -0.3 is 5.84 Å². The van der Waals surface area contributed by atoms with E-state index in [-0.39, 0.29) is 16.9 Å². The SMILES string of the molecule is Cc1cccn2c(=O)cc(CSc3nnc(-c4ccccc4F)n3N)nc12. The third-order valence-electron chi connectivity index (χ3n) is 4.07. The van der Waals surface area contributed by atoms with Crippen molar-refractivity contribution in [2.75, 3.05) is 5.84 Å². The molecule has 0 aliphatic rings. The largest absolute Gasteiger partial charge is 0.335 e. The number of hydrogen-bond donors (Lipinski definition) is 1. The fourth-order valence-corrected chi connectivity index (χ4v) is 3.47. The van der Waals surface area contributed by atoms with Gasteiger partial charge in [-0.1, -0.05) is 30.0 Å². The van der Waals surface area contributed by atoms with Crippen molar-refractivity contribution in [2.24, 2.45) is 0 Å². The minimum absolute atomic E-state index is 0.152. The molecule has 3 heterocycles. The zero-order chi connectivity index (χ0) is 19.0. The molecule has 0 saturated carbocycles. The van der Waals surface area contributed by atoms with Gasteiger partial charge in [-0.3, -0.25) is 9.20 Å². The number of benzene rings is 1. The van der Waals surface area contributed by atoms with Crippen LogP contribution in [-0.4, -0.2) is 24.3 Å². The first kappa shape index (κ1) is 17.2. The molecule has 7 nitrogen and oxygen atoms in total. The van der Waals surface area contributed by atoms with Crippen LogP contribution in [0.25, 0.3) is 17.0 Å². The van der Waals surface area contributed by atoms with Crippen LogP contribution in [0.5, 0.6) is 0 Å². The summed E-state index contributed by atoms with van der Waals surface area (Å²) in [6, 6.07) is 11.4. The van der Waals surface area contributed by atoms with Crippen molar-refractivity contribution in [3.8, 4) is 11.4 Å². The Kier molecular flexibility index (Phi) is 4.36. The smallest absolute Gasteiger partial charge is 0.258 e. The van der Waals surface area contributed by atoms with Crippen LogP contribution in [0.15, 0.2) is 58.6 Å². The Labute approximate surface area is 157 Å². The summed E-state index contributed by atoms with van der Waals surface area (Å²) in [6.45, 7) is 1.90. The second-order valence-electron chi connectivity index (χ2n) is 5.92. The van der Waals surface area contributed by atoms with Gasteiger partial charge in [-0.25, -0.2) is 14.1 Å². The van der Waals surface area contributed by atoms with Crippen LogP contribution in [0.3, 0.4) is 0 Å². The highest BCUT2D eigenvalue weighted by Gasteiger charge is 2.16. The minimum atomic E-state index is -0.423. The van der Waals surface area contributed by atoms with Crippen molar-refractivity contribution in [1.29, 1.82) is 0 Å². The fourth-order valence-electron chi connectivity index (χ4n) is 2.72. The molecule has 136 valence electrons. The minimum Gasteiger partial charge on any atom is -0.335 e. The molecule has 0 unspecified atom stereocenters. The van der Waals surface area contributed by atoms with Crippen molar-refractivity contribution >= 4 is 17.4 Å². The molecule has 0 atom stereocenters. The van der Waals surface area contributed by atoms with Crippen LogP contribution in [0, 0.1) is 12.7 Å². The number of halogens is 1. The summed E-state index contributed by atoms with van der Waals surface area (Å²) in [5.74, 6) is 6.22. The molecule has 0 aliphatic carbocycles. The van der Waals surface area contributed by atoms with Gasteiger partial charge in [0.2, 0.25) is 5.16 Å². The van der Waals surface area contributed by atoms with Gasteiger partial charge >= 0.3 is 0 Å². The number of fused-ring (bicyclic) bond motifs is 1. The quantitative estimate of drug-likeness (QED) is 0.431. The molecule has 0 saturated heterocycles. The number of nitrogens with zero attached hydrogens (tertiary/aromatic N) is 5. The van der Waals surface area contributed by atoms with Crippen LogP contribution in [0.2, 0.25) is 0 Å². The van der Waals surface area contributed by atoms with E-state index < -0.39 is 5.82 Å². The Morgan fingerprint density at radius 2 is 2.00 bits per heavy atom. The molecule has 4 aromatic rings. The number of aryl methyl sites for hydroxylation is 1. The van der Waals surface area contributed by atoms with Crippen LogP contribution in [-0.2, 0) is 5.75 Å². The summed E-state index contributed by atoms with van der Waals surface area (Å²) in [5.41, 5.74) is 2.25. The maximum Gasteiger partial charge on any atom is 0.258 e. The first-order chi connectivity index (χ1) is 13.0. The molecule has 0 spiro atoms. The Morgan fingerprint density at radius 1 is 1.19 bits per heavy atom. The maximum atomic E-state index is 14.0. The second kappa shape index (κ2) is 6.84. The average molecular weight is 382 g/mol. The maximum absolute atomic E-state index is 14.0.